The Morgan fingerprint density at radius 1 is 1.50 bits per heavy atom. The van der Waals surface area contributed by atoms with Crippen LogP contribution >= 0.6 is 15.9 Å². The topological polar surface area (TPSA) is 72.7 Å². The first-order valence-electron chi connectivity index (χ1n) is 6.20. The molecule has 0 aliphatic carbocycles. The van der Waals surface area contributed by atoms with E-state index in [-0.39, 0.29) is 18.2 Å². The summed E-state index contributed by atoms with van der Waals surface area (Å²) in [5, 5.41) is 10.9. The zero-order chi connectivity index (χ0) is 15.1. The summed E-state index contributed by atoms with van der Waals surface area (Å²) in [6.07, 6.45) is 0.879. The van der Waals surface area contributed by atoms with E-state index in [1.807, 2.05) is 11.8 Å². The highest BCUT2D eigenvalue weighted by molar-refractivity contribution is 9.10. The number of benzene rings is 1. The van der Waals surface area contributed by atoms with Crippen LogP contribution in [-0.4, -0.2) is 36.0 Å². The molecule has 1 rings (SSSR count). The van der Waals surface area contributed by atoms with Crippen molar-refractivity contribution in [1.82, 2.24) is 4.90 Å². The Balaban J connectivity index is 2.90. The lowest BCUT2D eigenvalue weighted by atomic mass is 10.2. The first kappa shape index (κ1) is 16.6. The number of carbonyl (C=O) groups excluding carboxylic acids is 1. The van der Waals surface area contributed by atoms with Crippen LogP contribution in [0.2, 0.25) is 0 Å². The molecule has 0 heterocycles. The van der Waals surface area contributed by atoms with Crippen molar-refractivity contribution in [2.45, 2.75) is 19.9 Å². The summed E-state index contributed by atoms with van der Waals surface area (Å²) in [6.45, 7) is 3.33. The lowest BCUT2D eigenvalue weighted by Crippen LogP contribution is -2.31. The minimum absolute atomic E-state index is 0.0250. The number of halogens is 1. The van der Waals surface area contributed by atoms with Crippen LogP contribution in [0.15, 0.2) is 22.7 Å². The Bertz CT molecular complexity index is 493. The van der Waals surface area contributed by atoms with Gasteiger partial charge in [0.05, 0.1) is 23.1 Å². The summed E-state index contributed by atoms with van der Waals surface area (Å²) in [7, 11) is 1.34. The van der Waals surface area contributed by atoms with Crippen LogP contribution in [0, 0.1) is 10.1 Å². The third-order valence-corrected chi connectivity index (χ3v) is 3.68. The normalized spacial score (nSPS) is 10.6. The number of nitro benzene ring substituents is 1. The molecule has 0 aromatic heterocycles. The average Bonchev–Trinajstić information content (AvgIpc) is 2.40. The predicted molar refractivity (Wildman–Crippen MR) is 78.4 cm³/mol. The van der Waals surface area contributed by atoms with Crippen molar-refractivity contribution in [1.29, 1.82) is 0 Å². The molecule has 0 amide bonds. The molecule has 1 aromatic carbocycles. The van der Waals surface area contributed by atoms with Crippen LogP contribution in [0.1, 0.15) is 18.9 Å². The van der Waals surface area contributed by atoms with Gasteiger partial charge in [0.15, 0.2) is 0 Å². The van der Waals surface area contributed by atoms with Gasteiger partial charge in [-0.1, -0.05) is 19.1 Å². The first-order chi connectivity index (χ1) is 9.49. The number of hydrogen-bond donors (Lipinski definition) is 0. The maximum atomic E-state index is 11.4. The first-order valence-corrected chi connectivity index (χ1v) is 6.99. The number of hydrogen-bond acceptors (Lipinski definition) is 5. The second-order valence-electron chi connectivity index (χ2n) is 4.29. The van der Waals surface area contributed by atoms with Crippen molar-refractivity contribution < 1.29 is 14.5 Å². The Hall–Kier alpha value is -1.47. The van der Waals surface area contributed by atoms with Gasteiger partial charge in [0.1, 0.15) is 0 Å². The number of ether oxygens (including phenoxy) is 1. The van der Waals surface area contributed by atoms with Gasteiger partial charge in [0.25, 0.3) is 5.69 Å². The van der Waals surface area contributed by atoms with Gasteiger partial charge in [0.2, 0.25) is 0 Å². The third kappa shape index (κ3) is 4.57. The lowest BCUT2D eigenvalue weighted by molar-refractivity contribution is -0.385. The van der Waals surface area contributed by atoms with E-state index in [4.69, 9.17) is 0 Å². The number of carbonyl (C=O) groups is 1. The maximum Gasteiger partial charge on any atom is 0.319 e. The zero-order valence-electron chi connectivity index (χ0n) is 11.5. The zero-order valence-corrected chi connectivity index (χ0v) is 13.1. The van der Waals surface area contributed by atoms with Gasteiger partial charge in [0, 0.05) is 12.6 Å². The second kappa shape index (κ2) is 7.96. The molecule has 0 fully saturated rings. The van der Waals surface area contributed by atoms with E-state index in [0.717, 1.165) is 12.0 Å². The molecule has 0 aliphatic rings. The van der Waals surface area contributed by atoms with E-state index in [9.17, 15) is 14.9 Å². The molecular weight excluding hydrogens is 328 g/mol. The maximum absolute atomic E-state index is 11.4. The minimum atomic E-state index is -0.432. The highest BCUT2D eigenvalue weighted by atomic mass is 79.9. The van der Waals surface area contributed by atoms with Gasteiger partial charge in [-0.3, -0.25) is 19.8 Å². The van der Waals surface area contributed by atoms with Gasteiger partial charge in [-0.15, -0.1) is 0 Å². The molecular formula is C13H17BrN2O4. The SMILES string of the molecule is CCCN(CC(=O)OC)Cc1cccc([N+](=O)[O-])c1Br. The summed E-state index contributed by atoms with van der Waals surface area (Å²) in [5.74, 6) is -0.319. The van der Waals surface area contributed by atoms with Crippen molar-refractivity contribution in [3.63, 3.8) is 0 Å². The quantitative estimate of drug-likeness (QED) is 0.432. The molecule has 0 atom stereocenters. The molecule has 110 valence electrons. The van der Waals surface area contributed by atoms with Gasteiger partial charge < -0.3 is 4.74 Å². The molecule has 7 heteroatoms. The summed E-state index contributed by atoms with van der Waals surface area (Å²) >= 11 is 3.26. The number of methoxy groups -OCH3 is 1. The Labute approximate surface area is 126 Å². The fourth-order valence-electron chi connectivity index (χ4n) is 1.85. The largest absolute Gasteiger partial charge is 0.468 e. The van der Waals surface area contributed by atoms with E-state index in [1.54, 1.807) is 12.1 Å². The van der Waals surface area contributed by atoms with Crippen molar-refractivity contribution in [3.05, 3.63) is 38.3 Å². The Morgan fingerprint density at radius 2 is 2.20 bits per heavy atom. The molecule has 0 N–H and O–H groups in total. The molecule has 0 bridgehead atoms. The highest BCUT2D eigenvalue weighted by Gasteiger charge is 2.18. The van der Waals surface area contributed by atoms with Crippen LogP contribution in [0.25, 0.3) is 0 Å². The summed E-state index contributed by atoms with van der Waals surface area (Å²) in [6, 6.07) is 4.88. The van der Waals surface area contributed by atoms with Crippen molar-refractivity contribution in [2.75, 3.05) is 20.2 Å². The fourth-order valence-corrected chi connectivity index (χ4v) is 2.38. The van der Waals surface area contributed by atoms with Gasteiger partial charge in [-0.2, -0.15) is 0 Å². The van der Waals surface area contributed by atoms with Crippen LogP contribution in [0.5, 0.6) is 0 Å². The Morgan fingerprint density at radius 3 is 2.75 bits per heavy atom. The van der Waals surface area contributed by atoms with E-state index in [1.165, 1.54) is 13.2 Å². The molecule has 0 saturated carbocycles. The van der Waals surface area contributed by atoms with Crippen LogP contribution < -0.4 is 0 Å². The van der Waals surface area contributed by atoms with Crippen molar-refractivity contribution >= 4 is 27.6 Å². The molecule has 0 saturated heterocycles. The smallest absolute Gasteiger partial charge is 0.319 e. The van der Waals surface area contributed by atoms with Gasteiger partial charge >= 0.3 is 5.97 Å². The predicted octanol–water partition coefficient (Wildman–Crippen LogP) is 2.74. The van der Waals surface area contributed by atoms with Crippen LogP contribution in [0.3, 0.4) is 0 Å². The Kier molecular flexibility index (Phi) is 6.60. The second-order valence-corrected chi connectivity index (χ2v) is 5.09. The molecule has 0 unspecified atom stereocenters. The van der Waals surface area contributed by atoms with E-state index >= 15 is 0 Å². The summed E-state index contributed by atoms with van der Waals surface area (Å²) < 4.78 is 5.11. The van der Waals surface area contributed by atoms with Crippen LogP contribution in [-0.2, 0) is 16.1 Å². The van der Waals surface area contributed by atoms with Crippen molar-refractivity contribution in [2.24, 2.45) is 0 Å². The molecule has 0 aliphatic heterocycles. The molecule has 0 radical (unpaired) electrons. The number of rotatable bonds is 7. The lowest BCUT2D eigenvalue weighted by Gasteiger charge is -2.20. The van der Waals surface area contributed by atoms with E-state index in [2.05, 4.69) is 20.7 Å². The van der Waals surface area contributed by atoms with E-state index in [0.29, 0.717) is 17.6 Å². The number of nitrogens with zero attached hydrogens (tertiary/aromatic N) is 2. The third-order valence-electron chi connectivity index (χ3n) is 2.77. The molecule has 1 aromatic rings. The molecule has 6 nitrogen and oxygen atoms in total. The number of esters is 1. The summed E-state index contributed by atoms with van der Waals surface area (Å²) in [5.41, 5.74) is 0.800. The molecule has 20 heavy (non-hydrogen) atoms. The highest BCUT2D eigenvalue weighted by Crippen LogP contribution is 2.29. The average molecular weight is 345 g/mol. The molecule has 0 spiro atoms. The van der Waals surface area contributed by atoms with Gasteiger partial charge in [-0.25, -0.2) is 0 Å². The fraction of sp³-hybridized carbons (Fsp3) is 0.462. The number of nitro groups is 1. The minimum Gasteiger partial charge on any atom is -0.468 e. The van der Waals surface area contributed by atoms with Gasteiger partial charge in [-0.05, 0) is 34.5 Å². The monoisotopic (exact) mass is 344 g/mol. The van der Waals surface area contributed by atoms with Crippen LogP contribution in [0.4, 0.5) is 5.69 Å². The van der Waals surface area contributed by atoms with E-state index < -0.39 is 4.92 Å². The standard InChI is InChI=1S/C13H17BrN2O4/c1-3-7-15(9-12(17)20-2)8-10-5-4-6-11(13(10)14)16(18)19/h4-6H,3,7-9H2,1-2H3. The van der Waals surface area contributed by atoms with Crippen molar-refractivity contribution in [3.8, 4) is 0 Å². The summed E-state index contributed by atoms with van der Waals surface area (Å²) in [4.78, 5) is 23.7.